The highest BCUT2D eigenvalue weighted by atomic mass is 16.1. The lowest BCUT2D eigenvalue weighted by Gasteiger charge is -2.10. The average Bonchev–Trinajstić information content (AvgIpc) is 3.02. The third kappa shape index (κ3) is 3.12. The second-order valence-corrected chi connectivity index (χ2v) is 5.66. The summed E-state index contributed by atoms with van der Waals surface area (Å²) in [5, 5.41) is 3.29. The molecule has 0 aromatic carbocycles. The summed E-state index contributed by atoms with van der Waals surface area (Å²) >= 11 is 0. The van der Waals surface area contributed by atoms with E-state index in [1.807, 2.05) is 0 Å². The van der Waals surface area contributed by atoms with Crippen LogP contribution in [0, 0.1) is 11.8 Å². The van der Waals surface area contributed by atoms with Crippen molar-refractivity contribution >= 4 is 5.82 Å². The van der Waals surface area contributed by atoms with Crippen molar-refractivity contribution in [2.24, 2.45) is 11.8 Å². The number of hydrogen-bond acceptors (Lipinski definition) is 3. The maximum Gasteiger partial charge on any atom is 0.293 e. The van der Waals surface area contributed by atoms with Crippen molar-refractivity contribution in [3.63, 3.8) is 0 Å². The van der Waals surface area contributed by atoms with E-state index >= 15 is 0 Å². The van der Waals surface area contributed by atoms with Crippen LogP contribution in [0.5, 0.6) is 0 Å². The van der Waals surface area contributed by atoms with E-state index in [4.69, 9.17) is 0 Å². The number of hydrogen-bond donors (Lipinski definition) is 1. The van der Waals surface area contributed by atoms with Gasteiger partial charge < -0.3 is 9.88 Å². The van der Waals surface area contributed by atoms with Gasteiger partial charge >= 0.3 is 0 Å². The predicted molar refractivity (Wildman–Crippen MR) is 73.8 cm³/mol. The summed E-state index contributed by atoms with van der Waals surface area (Å²) in [4.78, 5) is 16.3. The molecule has 1 aliphatic rings. The number of aromatic nitrogens is 2. The fourth-order valence-electron chi connectivity index (χ4n) is 2.37. The molecule has 2 rings (SSSR count). The first-order chi connectivity index (χ1) is 8.61. The first-order valence-electron chi connectivity index (χ1n) is 6.93. The Morgan fingerprint density at radius 1 is 1.56 bits per heavy atom. The zero-order valence-electron chi connectivity index (χ0n) is 11.5. The predicted octanol–water partition coefficient (Wildman–Crippen LogP) is 2.50. The summed E-state index contributed by atoms with van der Waals surface area (Å²) in [5.74, 6) is 1.71. The molecule has 100 valence electrons. The van der Waals surface area contributed by atoms with Crippen LogP contribution in [0.1, 0.15) is 40.0 Å². The molecule has 1 aromatic rings. The molecule has 0 aliphatic heterocycles. The van der Waals surface area contributed by atoms with E-state index in [-0.39, 0.29) is 5.56 Å². The van der Waals surface area contributed by atoms with Crippen molar-refractivity contribution < 1.29 is 0 Å². The average molecular weight is 249 g/mol. The van der Waals surface area contributed by atoms with E-state index in [1.165, 1.54) is 19.3 Å². The Morgan fingerprint density at radius 2 is 2.33 bits per heavy atom. The van der Waals surface area contributed by atoms with E-state index in [0.717, 1.165) is 12.5 Å². The zero-order chi connectivity index (χ0) is 13.1. The van der Waals surface area contributed by atoms with Gasteiger partial charge in [-0.05, 0) is 24.7 Å². The van der Waals surface area contributed by atoms with Crippen LogP contribution in [-0.4, -0.2) is 15.6 Å². The van der Waals surface area contributed by atoms with Crippen LogP contribution in [-0.2, 0) is 6.54 Å². The van der Waals surface area contributed by atoms with Gasteiger partial charge in [-0.25, -0.2) is 4.98 Å². The minimum atomic E-state index is 0.00773. The van der Waals surface area contributed by atoms with E-state index in [0.29, 0.717) is 17.8 Å². The molecule has 1 N–H and O–H groups in total. The van der Waals surface area contributed by atoms with E-state index in [2.05, 4.69) is 31.1 Å². The molecule has 0 radical (unpaired) electrons. The van der Waals surface area contributed by atoms with Gasteiger partial charge in [0.2, 0.25) is 0 Å². The molecule has 1 aromatic heterocycles. The summed E-state index contributed by atoms with van der Waals surface area (Å²) < 4.78 is 1.75. The molecule has 1 heterocycles. The van der Waals surface area contributed by atoms with Crippen molar-refractivity contribution in [1.29, 1.82) is 0 Å². The lowest BCUT2D eigenvalue weighted by Crippen LogP contribution is -2.26. The van der Waals surface area contributed by atoms with Crippen LogP contribution in [0.25, 0.3) is 0 Å². The van der Waals surface area contributed by atoms with Gasteiger partial charge in [0.05, 0.1) is 0 Å². The Labute approximate surface area is 108 Å². The molecule has 0 bridgehead atoms. The van der Waals surface area contributed by atoms with Gasteiger partial charge in [-0.2, -0.15) is 0 Å². The number of rotatable bonds is 6. The van der Waals surface area contributed by atoms with Gasteiger partial charge in [0.25, 0.3) is 5.56 Å². The molecule has 1 aliphatic carbocycles. The maximum absolute atomic E-state index is 12.2. The number of nitrogens with zero attached hydrogens (tertiary/aromatic N) is 2. The van der Waals surface area contributed by atoms with Crippen molar-refractivity contribution in [3.8, 4) is 0 Å². The molecule has 4 heteroatoms. The standard InChI is InChI=1S/C14H23N3O/c1-4-5-11-8-12(11)16-13-14(18)17(7-6-15-13)9-10(2)3/h6-7,10-12H,4-5,8-9H2,1-3H3,(H,15,16). The second-order valence-electron chi connectivity index (χ2n) is 5.66. The van der Waals surface area contributed by atoms with E-state index in [1.54, 1.807) is 17.0 Å². The van der Waals surface area contributed by atoms with Crippen LogP contribution in [0.3, 0.4) is 0 Å². The highest BCUT2D eigenvalue weighted by Crippen LogP contribution is 2.36. The first-order valence-corrected chi connectivity index (χ1v) is 6.93. The van der Waals surface area contributed by atoms with E-state index < -0.39 is 0 Å². The molecule has 1 saturated carbocycles. The summed E-state index contributed by atoms with van der Waals surface area (Å²) in [6.45, 7) is 7.17. The lowest BCUT2D eigenvalue weighted by atomic mass is 10.2. The van der Waals surface area contributed by atoms with Crippen LogP contribution < -0.4 is 10.9 Å². The Morgan fingerprint density at radius 3 is 3.00 bits per heavy atom. The third-order valence-corrected chi connectivity index (χ3v) is 3.38. The van der Waals surface area contributed by atoms with Crippen LogP contribution in [0.2, 0.25) is 0 Å². The highest BCUT2D eigenvalue weighted by molar-refractivity contribution is 5.34. The maximum atomic E-state index is 12.2. The summed E-state index contributed by atoms with van der Waals surface area (Å²) in [7, 11) is 0. The van der Waals surface area contributed by atoms with Crippen molar-refractivity contribution in [3.05, 3.63) is 22.7 Å². The largest absolute Gasteiger partial charge is 0.362 e. The second kappa shape index (κ2) is 5.55. The third-order valence-electron chi connectivity index (χ3n) is 3.38. The Kier molecular flexibility index (Phi) is 4.04. The fraction of sp³-hybridized carbons (Fsp3) is 0.714. The van der Waals surface area contributed by atoms with Crippen LogP contribution in [0.4, 0.5) is 5.82 Å². The van der Waals surface area contributed by atoms with E-state index in [9.17, 15) is 4.79 Å². The molecule has 1 fully saturated rings. The van der Waals surface area contributed by atoms with Gasteiger partial charge in [-0.15, -0.1) is 0 Å². The molecular formula is C14H23N3O. The molecule has 2 atom stereocenters. The monoisotopic (exact) mass is 249 g/mol. The SMILES string of the molecule is CCCC1CC1Nc1nccn(CC(C)C)c1=O. The number of nitrogens with one attached hydrogen (secondary N) is 1. The fourth-order valence-corrected chi connectivity index (χ4v) is 2.37. The molecule has 0 saturated heterocycles. The Balaban J connectivity index is 2.03. The van der Waals surface area contributed by atoms with Crippen molar-refractivity contribution in [1.82, 2.24) is 9.55 Å². The van der Waals surface area contributed by atoms with Gasteiger partial charge in [-0.3, -0.25) is 4.79 Å². The Hall–Kier alpha value is -1.32. The molecule has 0 amide bonds. The molecular weight excluding hydrogens is 226 g/mol. The normalized spacial score (nSPS) is 22.2. The molecule has 2 unspecified atom stereocenters. The highest BCUT2D eigenvalue weighted by Gasteiger charge is 2.36. The minimum absolute atomic E-state index is 0.00773. The summed E-state index contributed by atoms with van der Waals surface area (Å²) in [5.41, 5.74) is 0.00773. The van der Waals surface area contributed by atoms with Gasteiger partial charge in [0.15, 0.2) is 5.82 Å². The van der Waals surface area contributed by atoms with Crippen molar-refractivity contribution in [2.45, 2.75) is 52.6 Å². The first kappa shape index (κ1) is 13.1. The summed E-state index contributed by atoms with van der Waals surface area (Å²) in [6.07, 6.45) is 7.11. The molecule has 4 nitrogen and oxygen atoms in total. The zero-order valence-corrected chi connectivity index (χ0v) is 11.5. The van der Waals surface area contributed by atoms with Gasteiger partial charge in [-0.1, -0.05) is 27.2 Å². The Bertz CT molecular complexity index is 453. The quantitative estimate of drug-likeness (QED) is 0.842. The molecule has 0 spiro atoms. The van der Waals surface area contributed by atoms with Gasteiger partial charge in [0, 0.05) is 25.0 Å². The van der Waals surface area contributed by atoms with Crippen LogP contribution in [0.15, 0.2) is 17.2 Å². The van der Waals surface area contributed by atoms with Gasteiger partial charge in [0.1, 0.15) is 0 Å². The lowest BCUT2D eigenvalue weighted by molar-refractivity contribution is 0.509. The molecule has 18 heavy (non-hydrogen) atoms. The smallest absolute Gasteiger partial charge is 0.293 e. The van der Waals surface area contributed by atoms with Crippen LogP contribution >= 0.6 is 0 Å². The number of anilines is 1. The summed E-state index contributed by atoms with van der Waals surface area (Å²) in [6, 6.07) is 0.458. The van der Waals surface area contributed by atoms with Crippen molar-refractivity contribution in [2.75, 3.05) is 5.32 Å². The topological polar surface area (TPSA) is 46.9 Å². The minimum Gasteiger partial charge on any atom is -0.362 e.